The van der Waals surface area contributed by atoms with Crippen LogP contribution in [0.5, 0.6) is 0 Å². The van der Waals surface area contributed by atoms with Gasteiger partial charge in [-0.05, 0) is 47.9 Å². The summed E-state index contributed by atoms with van der Waals surface area (Å²) in [5.74, 6) is -0.874. The van der Waals surface area contributed by atoms with Gasteiger partial charge in [0.05, 0.1) is 10.2 Å². The molecule has 0 unspecified atom stereocenters. The second kappa shape index (κ2) is 5.01. The quantitative estimate of drug-likeness (QED) is 0.921. The van der Waals surface area contributed by atoms with Crippen LogP contribution in [0.3, 0.4) is 0 Å². The fourth-order valence-corrected chi connectivity index (χ4v) is 2.55. The molecule has 0 radical (unpaired) electrons. The van der Waals surface area contributed by atoms with Crippen molar-refractivity contribution in [2.75, 3.05) is 19.6 Å². The normalized spacial score (nSPS) is 16.8. The third-order valence-electron chi connectivity index (χ3n) is 2.95. The molecule has 0 saturated carbocycles. The van der Waals surface area contributed by atoms with Gasteiger partial charge in [0, 0.05) is 19.3 Å². The second-order valence-corrected chi connectivity index (χ2v) is 4.91. The van der Waals surface area contributed by atoms with Gasteiger partial charge in [0.1, 0.15) is 0 Å². The predicted molar refractivity (Wildman–Crippen MR) is 64.8 cm³/mol. The summed E-state index contributed by atoms with van der Waals surface area (Å²) in [5.41, 5.74) is 0.341. The Balaban J connectivity index is 1.95. The van der Waals surface area contributed by atoms with Crippen molar-refractivity contribution in [3.05, 3.63) is 22.4 Å². The van der Waals surface area contributed by atoms with E-state index in [1.165, 1.54) is 25.9 Å². The average molecular weight is 287 g/mol. The third kappa shape index (κ3) is 2.65. The number of rotatable bonds is 4. The maximum absolute atomic E-state index is 10.8. The van der Waals surface area contributed by atoms with Gasteiger partial charge in [0.25, 0.3) is 0 Å². The monoisotopic (exact) mass is 286 g/mol. The maximum Gasteiger partial charge on any atom is 0.337 e. The van der Waals surface area contributed by atoms with Crippen LogP contribution in [0.15, 0.2) is 16.9 Å². The zero-order chi connectivity index (χ0) is 11.5. The smallest absolute Gasteiger partial charge is 0.337 e. The molecule has 0 amide bonds. The van der Waals surface area contributed by atoms with Gasteiger partial charge in [-0.3, -0.25) is 0 Å². The molecule has 2 heterocycles. The lowest BCUT2D eigenvalue weighted by Crippen LogP contribution is -2.23. The molecule has 0 aliphatic carbocycles. The summed E-state index contributed by atoms with van der Waals surface area (Å²) in [6.45, 7) is 4.18. The minimum Gasteiger partial charge on any atom is -0.478 e. The highest BCUT2D eigenvalue weighted by Gasteiger charge is 2.13. The number of nitrogens with zero attached hydrogens (tertiary/aromatic N) is 2. The number of halogens is 1. The molecule has 88 valence electrons. The number of carboxylic acids is 1. The van der Waals surface area contributed by atoms with Gasteiger partial charge >= 0.3 is 5.97 Å². The largest absolute Gasteiger partial charge is 0.478 e. The first-order valence-corrected chi connectivity index (χ1v) is 6.27. The number of aromatic nitrogens is 1. The summed E-state index contributed by atoms with van der Waals surface area (Å²) in [6, 6.07) is 1.65. The maximum atomic E-state index is 10.8. The molecular formula is C11H15BrN2O2. The number of hydrogen-bond acceptors (Lipinski definition) is 2. The fraction of sp³-hybridized carbons (Fsp3) is 0.545. The first kappa shape index (κ1) is 11.7. The lowest BCUT2D eigenvalue weighted by molar-refractivity contribution is 0.0697. The highest BCUT2D eigenvalue weighted by molar-refractivity contribution is 9.10. The van der Waals surface area contributed by atoms with Crippen molar-refractivity contribution in [1.82, 2.24) is 9.47 Å². The van der Waals surface area contributed by atoms with Crippen molar-refractivity contribution >= 4 is 21.9 Å². The van der Waals surface area contributed by atoms with Gasteiger partial charge in [0.15, 0.2) is 0 Å². The van der Waals surface area contributed by atoms with Crippen molar-refractivity contribution in [2.24, 2.45) is 0 Å². The number of hydrogen-bond donors (Lipinski definition) is 1. The lowest BCUT2D eigenvalue weighted by atomic mass is 10.4. The number of likely N-dealkylation sites (tertiary alicyclic amines) is 1. The summed E-state index contributed by atoms with van der Waals surface area (Å²) < 4.78 is 2.78. The zero-order valence-corrected chi connectivity index (χ0v) is 10.6. The first-order chi connectivity index (χ1) is 7.66. The molecule has 2 rings (SSSR count). The van der Waals surface area contributed by atoms with E-state index in [1.807, 2.05) is 4.57 Å². The van der Waals surface area contributed by atoms with Gasteiger partial charge in [-0.25, -0.2) is 4.79 Å². The summed E-state index contributed by atoms with van der Waals surface area (Å²) >= 11 is 3.38. The number of carboxylic acid groups (broad SMARTS) is 1. The molecule has 16 heavy (non-hydrogen) atoms. The highest BCUT2D eigenvalue weighted by atomic mass is 79.9. The number of carbonyl (C=O) groups is 1. The molecule has 0 aromatic carbocycles. The van der Waals surface area contributed by atoms with E-state index in [0.717, 1.165) is 17.7 Å². The van der Waals surface area contributed by atoms with Gasteiger partial charge in [-0.2, -0.15) is 0 Å². The molecule has 1 saturated heterocycles. The Morgan fingerprint density at radius 1 is 1.38 bits per heavy atom. The summed E-state index contributed by atoms with van der Waals surface area (Å²) in [6.07, 6.45) is 4.25. The highest BCUT2D eigenvalue weighted by Crippen LogP contribution is 2.16. The van der Waals surface area contributed by atoms with Crippen LogP contribution in [0.4, 0.5) is 0 Å². The van der Waals surface area contributed by atoms with Crippen LogP contribution in [0.25, 0.3) is 0 Å². The van der Waals surface area contributed by atoms with Crippen molar-refractivity contribution in [3.63, 3.8) is 0 Å². The first-order valence-electron chi connectivity index (χ1n) is 5.48. The van der Waals surface area contributed by atoms with Crippen LogP contribution in [-0.4, -0.2) is 40.2 Å². The standard InChI is InChI=1S/C11H15BrN2O2/c12-10-7-9(11(15)16)8-14(10)6-5-13-3-1-2-4-13/h7-8H,1-6H2,(H,15,16). The van der Waals surface area contributed by atoms with E-state index >= 15 is 0 Å². The van der Waals surface area contributed by atoms with Crippen molar-refractivity contribution in [3.8, 4) is 0 Å². The van der Waals surface area contributed by atoms with Crippen LogP contribution < -0.4 is 0 Å². The molecule has 0 bridgehead atoms. The topological polar surface area (TPSA) is 45.5 Å². The molecule has 1 N–H and O–H groups in total. The Morgan fingerprint density at radius 2 is 2.06 bits per heavy atom. The van der Waals surface area contributed by atoms with Crippen LogP contribution in [0.2, 0.25) is 0 Å². The fourth-order valence-electron chi connectivity index (χ4n) is 2.02. The minimum atomic E-state index is -0.874. The van der Waals surface area contributed by atoms with Crippen LogP contribution >= 0.6 is 15.9 Å². The summed E-state index contributed by atoms with van der Waals surface area (Å²) in [7, 11) is 0. The minimum absolute atomic E-state index is 0.341. The zero-order valence-electron chi connectivity index (χ0n) is 9.03. The van der Waals surface area contributed by atoms with E-state index in [9.17, 15) is 4.79 Å². The molecular weight excluding hydrogens is 272 g/mol. The van der Waals surface area contributed by atoms with E-state index in [0.29, 0.717) is 5.56 Å². The van der Waals surface area contributed by atoms with Crippen molar-refractivity contribution < 1.29 is 9.90 Å². The molecule has 0 spiro atoms. The van der Waals surface area contributed by atoms with E-state index in [1.54, 1.807) is 12.3 Å². The van der Waals surface area contributed by atoms with Gasteiger partial charge < -0.3 is 14.6 Å². The molecule has 1 aromatic rings. The van der Waals surface area contributed by atoms with Crippen LogP contribution in [0.1, 0.15) is 23.2 Å². The predicted octanol–water partition coefficient (Wildman–Crippen LogP) is 2.04. The van der Waals surface area contributed by atoms with Crippen LogP contribution in [0, 0.1) is 0 Å². The Bertz CT molecular complexity index is 383. The lowest BCUT2D eigenvalue weighted by Gasteiger charge is -2.15. The Morgan fingerprint density at radius 3 is 2.62 bits per heavy atom. The average Bonchev–Trinajstić information content (AvgIpc) is 2.84. The Kier molecular flexibility index (Phi) is 3.66. The summed E-state index contributed by atoms with van der Waals surface area (Å²) in [4.78, 5) is 13.2. The van der Waals surface area contributed by atoms with E-state index in [-0.39, 0.29) is 0 Å². The van der Waals surface area contributed by atoms with Crippen molar-refractivity contribution in [2.45, 2.75) is 19.4 Å². The van der Waals surface area contributed by atoms with Crippen LogP contribution in [-0.2, 0) is 6.54 Å². The van der Waals surface area contributed by atoms with E-state index < -0.39 is 5.97 Å². The molecule has 1 fully saturated rings. The molecule has 1 aromatic heterocycles. The SMILES string of the molecule is O=C(O)c1cc(Br)n(CCN2CCCC2)c1. The van der Waals surface area contributed by atoms with E-state index in [2.05, 4.69) is 20.8 Å². The molecule has 1 aliphatic heterocycles. The van der Waals surface area contributed by atoms with Gasteiger partial charge in [-0.15, -0.1) is 0 Å². The molecule has 1 aliphatic rings. The van der Waals surface area contributed by atoms with E-state index in [4.69, 9.17) is 5.11 Å². The van der Waals surface area contributed by atoms with Crippen molar-refractivity contribution in [1.29, 1.82) is 0 Å². The Labute approximate surface area is 103 Å². The van der Waals surface area contributed by atoms with Gasteiger partial charge in [-0.1, -0.05) is 0 Å². The van der Waals surface area contributed by atoms with Gasteiger partial charge in [0.2, 0.25) is 0 Å². The summed E-state index contributed by atoms with van der Waals surface area (Å²) in [5, 5.41) is 8.86. The second-order valence-electron chi connectivity index (χ2n) is 4.10. The Hall–Kier alpha value is -0.810. The molecule has 5 heteroatoms. The third-order valence-corrected chi connectivity index (χ3v) is 3.63. The molecule has 4 nitrogen and oxygen atoms in total. The number of aromatic carboxylic acids is 1. The molecule has 0 atom stereocenters.